The molecule has 14 heteroatoms. The Labute approximate surface area is 384 Å². The largest absolute Gasteiger partial charge is 0.394 e. The molecule has 14 nitrogen and oxygen atoms in total. The molecule has 2 aliphatic heterocycles. The molecule has 2 rings (SSSR count). The fraction of sp³-hybridized carbons (Fsp3) is 0.820. The number of ether oxygens (including phenoxy) is 4. The normalized spacial score (nSPS) is 27.7. The Hall–Kier alpha value is -2.05. The van der Waals surface area contributed by atoms with Crippen molar-refractivity contribution in [1.82, 2.24) is 5.32 Å². The Kier molecular flexibility index (Phi) is 33.6. The highest BCUT2D eigenvalue weighted by Crippen LogP contribution is 2.30. The van der Waals surface area contributed by atoms with Crippen molar-refractivity contribution < 1.29 is 64.6 Å². The number of unbranched alkanes of at least 4 members (excludes halogenated alkanes) is 16. The van der Waals surface area contributed by atoms with E-state index in [1.807, 2.05) is 0 Å². The van der Waals surface area contributed by atoms with Crippen molar-refractivity contribution in [3.8, 4) is 0 Å². The Balaban J connectivity index is 1.73. The SMILES string of the molecule is CC/C=C\C/C=C\C/C=C\C/C=C\CCCCCCCCCCCCC(=O)NC(COC1OC(CO)C(OC2OC(CO)C(O)C(O)C2O)C(O)C1O)C(O)CCCCCCCCC. The Morgan fingerprint density at radius 2 is 1.08 bits per heavy atom. The molecule has 0 spiro atoms. The van der Waals surface area contributed by atoms with E-state index in [0.717, 1.165) is 89.9 Å². The van der Waals surface area contributed by atoms with Crippen LogP contribution in [0.25, 0.3) is 0 Å². The van der Waals surface area contributed by atoms with Gasteiger partial charge in [0.2, 0.25) is 5.91 Å². The van der Waals surface area contributed by atoms with Crippen LogP contribution in [0.15, 0.2) is 48.6 Å². The van der Waals surface area contributed by atoms with E-state index in [1.54, 1.807) is 0 Å². The second-order valence-corrected chi connectivity index (χ2v) is 17.6. The highest BCUT2D eigenvalue weighted by Gasteiger charge is 2.51. The van der Waals surface area contributed by atoms with Crippen molar-refractivity contribution in [3.63, 3.8) is 0 Å². The molecular weight excluding hydrogens is 823 g/mol. The molecule has 2 aliphatic rings. The van der Waals surface area contributed by atoms with Crippen LogP contribution in [0.3, 0.4) is 0 Å². The van der Waals surface area contributed by atoms with Gasteiger partial charge in [0.05, 0.1) is 32.0 Å². The van der Waals surface area contributed by atoms with E-state index in [1.165, 1.54) is 51.4 Å². The number of carbonyl (C=O) groups excluding carboxylic acids is 1. The van der Waals surface area contributed by atoms with Crippen LogP contribution in [0.1, 0.15) is 168 Å². The van der Waals surface area contributed by atoms with Crippen molar-refractivity contribution in [1.29, 1.82) is 0 Å². The average molecular weight is 912 g/mol. The third-order valence-electron chi connectivity index (χ3n) is 12.1. The van der Waals surface area contributed by atoms with Gasteiger partial charge in [0.15, 0.2) is 12.6 Å². The molecule has 0 aliphatic carbocycles. The minimum Gasteiger partial charge on any atom is -0.394 e. The van der Waals surface area contributed by atoms with Crippen LogP contribution in [0.5, 0.6) is 0 Å². The maximum absolute atomic E-state index is 13.1. The maximum atomic E-state index is 13.1. The van der Waals surface area contributed by atoms with Gasteiger partial charge >= 0.3 is 0 Å². The van der Waals surface area contributed by atoms with Crippen LogP contribution in [0.4, 0.5) is 0 Å². The highest BCUT2D eigenvalue weighted by molar-refractivity contribution is 5.76. The van der Waals surface area contributed by atoms with Crippen molar-refractivity contribution >= 4 is 5.91 Å². The molecule has 0 radical (unpaired) electrons. The summed E-state index contributed by atoms with van der Waals surface area (Å²) in [6, 6.07) is -0.829. The third kappa shape index (κ3) is 24.1. The molecule has 0 bridgehead atoms. The van der Waals surface area contributed by atoms with Crippen LogP contribution in [0, 0.1) is 0 Å². The Morgan fingerprint density at radius 3 is 1.66 bits per heavy atom. The number of rotatable bonds is 37. The summed E-state index contributed by atoms with van der Waals surface area (Å²) in [5, 5.41) is 86.5. The summed E-state index contributed by atoms with van der Waals surface area (Å²) in [4.78, 5) is 13.1. The van der Waals surface area contributed by atoms with Crippen LogP contribution >= 0.6 is 0 Å². The molecule has 0 aromatic rings. The molecule has 12 unspecified atom stereocenters. The second-order valence-electron chi connectivity index (χ2n) is 17.6. The summed E-state index contributed by atoms with van der Waals surface area (Å²) in [5.74, 6) is -0.219. The maximum Gasteiger partial charge on any atom is 0.220 e. The lowest BCUT2D eigenvalue weighted by Crippen LogP contribution is -2.65. The van der Waals surface area contributed by atoms with Crippen molar-refractivity contribution in [3.05, 3.63) is 48.6 Å². The van der Waals surface area contributed by atoms with Crippen LogP contribution in [-0.2, 0) is 23.7 Å². The molecule has 0 saturated carbocycles. The van der Waals surface area contributed by atoms with E-state index in [2.05, 4.69) is 67.8 Å². The number of carbonyl (C=O) groups is 1. The zero-order chi connectivity index (χ0) is 46.8. The lowest BCUT2D eigenvalue weighted by molar-refractivity contribution is -0.359. The molecule has 12 atom stereocenters. The standard InChI is InChI=1S/C50H89NO13/c1-3-5-7-9-11-12-13-14-15-16-17-18-19-20-21-22-23-24-25-26-28-30-32-34-42(55)51-38(39(54)33-31-29-27-10-8-6-4-2)37-61-49-47(60)45(58)48(41(36-53)63-49)64-50-46(59)44(57)43(56)40(35-52)62-50/h5,7,11-12,14-15,17-18,38-41,43-50,52-54,56-60H,3-4,6,8-10,13,16,19-37H2,1-2H3,(H,51,55)/b7-5-,12-11-,15-14-,18-17-. The van der Waals surface area contributed by atoms with E-state index >= 15 is 0 Å². The minimum atomic E-state index is -1.78. The number of allylic oxidation sites excluding steroid dienone is 8. The van der Waals surface area contributed by atoms with E-state index in [4.69, 9.17) is 18.9 Å². The first kappa shape index (κ1) is 58.1. The van der Waals surface area contributed by atoms with E-state index in [9.17, 15) is 45.6 Å². The van der Waals surface area contributed by atoms with Gasteiger partial charge in [0, 0.05) is 6.42 Å². The molecule has 1 amide bonds. The van der Waals surface area contributed by atoms with Crippen molar-refractivity contribution in [2.24, 2.45) is 0 Å². The van der Waals surface area contributed by atoms with Gasteiger partial charge in [0.25, 0.3) is 0 Å². The van der Waals surface area contributed by atoms with Gasteiger partial charge in [-0.25, -0.2) is 0 Å². The number of amides is 1. The Morgan fingerprint density at radius 1 is 0.578 bits per heavy atom. The minimum absolute atomic E-state index is 0.219. The number of nitrogens with one attached hydrogen (secondary N) is 1. The predicted molar refractivity (Wildman–Crippen MR) is 249 cm³/mol. The van der Waals surface area contributed by atoms with Crippen LogP contribution in [0.2, 0.25) is 0 Å². The van der Waals surface area contributed by atoms with Crippen molar-refractivity contribution in [2.75, 3.05) is 19.8 Å². The van der Waals surface area contributed by atoms with Crippen LogP contribution in [-0.4, -0.2) is 140 Å². The topological polar surface area (TPSA) is 228 Å². The van der Waals surface area contributed by atoms with Gasteiger partial charge in [-0.05, 0) is 51.4 Å². The second kappa shape index (κ2) is 37.0. The zero-order valence-corrected chi connectivity index (χ0v) is 39.3. The molecular formula is C50H89NO13. The number of hydrogen-bond acceptors (Lipinski definition) is 13. The molecule has 2 saturated heterocycles. The quantitative estimate of drug-likeness (QED) is 0.0254. The number of aliphatic hydroxyl groups is 8. The molecule has 2 fully saturated rings. The van der Waals surface area contributed by atoms with Gasteiger partial charge in [-0.3, -0.25) is 4.79 Å². The first-order chi connectivity index (χ1) is 31.1. The monoisotopic (exact) mass is 912 g/mol. The molecule has 372 valence electrons. The lowest BCUT2D eigenvalue weighted by Gasteiger charge is -2.46. The summed E-state index contributed by atoms with van der Waals surface area (Å²) in [5.41, 5.74) is 0. The first-order valence-corrected chi connectivity index (χ1v) is 24.9. The summed E-state index contributed by atoms with van der Waals surface area (Å²) >= 11 is 0. The Bertz CT molecular complexity index is 1260. The van der Waals surface area contributed by atoms with Gasteiger partial charge in [-0.1, -0.05) is 159 Å². The molecule has 0 aromatic carbocycles. The summed E-state index contributed by atoms with van der Waals surface area (Å²) in [6.45, 7) is 2.66. The van der Waals surface area contributed by atoms with Crippen molar-refractivity contribution in [2.45, 2.75) is 242 Å². The average Bonchev–Trinajstić information content (AvgIpc) is 3.29. The summed E-state index contributed by atoms with van der Waals surface area (Å²) in [7, 11) is 0. The first-order valence-electron chi connectivity index (χ1n) is 24.9. The smallest absolute Gasteiger partial charge is 0.220 e. The summed E-state index contributed by atoms with van der Waals surface area (Å²) in [6.07, 6.45) is 25.8. The molecule has 2 heterocycles. The zero-order valence-electron chi connectivity index (χ0n) is 39.3. The fourth-order valence-corrected chi connectivity index (χ4v) is 7.99. The third-order valence-corrected chi connectivity index (χ3v) is 12.1. The van der Waals surface area contributed by atoms with E-state index in [0.29, 0.717) is 12.8 Å². The lowest BCUT2D eigenvalue weighted by atomic mass is 9.97. The van der Waals surface area contributed by atoms with Crippen LogP contribution < -0.4 is 5.32 Å². The molecule has 0 aromatic heterocycles. The van der Waals surface area contributed by atoms with Gasteiger partial charge < -0.3 is 65.1 Å². The fourth-order valence-electron chi connectivity index (χ4n) is 7.99. The molecule has 64 heavy (non-hydrogen) atoms. The van der Waals surface area contributed by atoms with E-state index < -0.39 is 86.8 Å². The summed E-state index contributed by atoms with van der Waals surface area (Å²) < 4.78 is 22.6. The van der Waals surface area contributed by atoms with E-state index in [-0.39, 0.29) is 12.5 Å². The number of aliphatic hydroxyl groups excluding tert-OH is 8. The van der Waals surface area contributed by atoms with Gasteiger partial charge in [0.1, 0.15) is 48.8 Å². The molecule has 9 N–H and O–H groups in total. The highest BCUT2D eigenvalue weighted by atomic mass is 16.7. The number of hydrogen-bond donors (Lipinski definition) is 9. The predicted octanol–water partition coefficient (Wildman–Crippen LogP) is 6.10. The van der Waals surface area contributed by atoms with Gasteiger partial charge in [-0.2, -0.15) is 0 Å². The van der Waals surface area contributed by atoms with Gasteiger partial charge in [-0.15, -0.1) is 0 Å².